The summed E-state index contributed by atoms with van der Waals surface area (Å²) < 4.78 is 5.10. The van der Waals surface area contributed by atoms with Crippen LogP contribution in [0.25, 0.3) is 69.6 Å². The zero-order valence-corrected chi connectivity index (χ0v) is 31.1. The fourth-order valence-corrected chi connectivity index (χ4v) is 11.5. The van der Waals surface area contributed by atoms with Crippen molar-refractivity contribution >= 4 is 81.1 Å². The van der Waals surface area contributed by atoms with Gasteiger partial charge in [-0.25, -0.2) is 0 Å². The Kier molecular flexibility index (Phi) is 6.01. The van der Waals surface area contributed by atoms with Crippen LogP contribution in [0, 0.1) is 0 Å². The maximum absolute atomic E-state index is 2.53. The third-order valence-corrected chi connectivity index (χ3v) is 13.7. The molecule has 0 atom stereocenters. The Bertz CT molecular complexity index is 3380. The first-order chi connectivity index (χ1) is 27.8. The minimum absolute atomic E-state index is 0.527. The summed E-state index contributed by atoms with van der Waals surface area (Å²) in [6.45, 7) is 0. The van der Waals surface area contributed by atoms with E-state index in [1.54, 1.807) is 0 Å². The second-order valence-electron chi connectivity index (χ2n) is 15.2. The van der Waals surface area contributed by atoms with Crippen molar-refractivity contribution in [3.05, 3.63) is 216 Å². The van der Waals surface area contributed by atoms with E-state index in [4.69, 9.17) is 0 Å². The van der Waals surface area contributed by atoms with Crippen molar-refractivity contribution in [3.63, 3.8) is 0 Å². The summed E-state index contributed by atoms with van der Waals surface area (Å²) in [7, 11) is 0. The molecule has 0 fully saturated rings. The van der Waals surface area contributed by atoms with Gasteiger partial charge in [-0.05, 0) is 117 Å². The number of hydrogen-bond acceptors (Lipinski definition) is 2. The molecule has 0 aliphatic heterocycles. The van der Waals surface area contributed by atoms with Gasteiger partial charge in [0, 0.05) is 53.7 Å². The molecule has 2 nitrogen and oxygen atoms in total. The van der Waals surface area contributed by atoms with E-state index in [2.05, 4.69) is 204 Å². The lowest BCUT2D eigenvalue weighted by Crippen LogP contribution is -2.31. The fourth-order valence-electron chi connectivity index (χ4n) is 10.4. The van der Waals surface area contributed by atoms with Gasteiger partial charge >= 0.3 is 0 Å². The lowest BCUT2D eigenvalue weighted by molar-refractivity contribution is 0.783. The number of anilines is 3. The van der Waals surface area contributed by atoms with Gasteiger partial charge in [-0.2, -0.15) is 0 Å². The number of hydrogen-bond donors (Lipinski definition) is 0. The van der Waals surface area contributed by atoms with Gasteiger partial charge < -0.3 is 9.47 Å². The average Bonchev–Trinajstić information content (AvgIpc) is 3.90. The summed E-state index contributed by atoms with van der Waals surface area (Å²) in [6.07, 6.45) is 0. The number of thiophene rings is 1. The topological polar surface area (TPSA) is 8.17 Å². The van der Waals surface area contributed by atoms with Crippen LogP contribution in [0.15, 0.2) is 194 Å². The van der Waals surface area contributed by atoms with Crippen molar-refractivity contribution in [3.8, 4) is 16.8 Å². The number of aromatic nitrogens is 1. The van der Waals surface area contributed by atoms with Crippen molar-refractivity contribution in [2.75, 3.05) is 4.90 Å². The van der Waals surface area contributed by atoms with Crippen molar-refractivity contribution in [2.45, 2.75) is 5.41 Å². The zero-order chi connectivity index (χ0) is 36.5. The van der Waals surface area contributed by atoms with Gasteiger partial charge in [0.1, 0.15) is 0 Å². The minimum Gasteiger partial charge on any atom is -0.310 e. The average molecular weight is 729 g/mol. The molecular formula is C53H32N2S. The maximum Gasteiger partial charge on any atom is 0.0727 e. The summed E-state index contributed by atoms with van der Waals surface area (Å²) in [4.78, 5) is 2.47. The van der Waals surface area contributed by atoms with Crippen molar-refractivity contribution in [1.82, 2.24) is 4.57 Å². The Balaban J connectivity index is 1.20. The van der Waals surface area contributed by atoms with Gasteiger partial charge in [-0.1, -0.05) is 121 Å². The molecule has 0 N–H and O–H groups in total. The molecule has 0 saturated carbocycles. The number of para-hydroxylation sites is 2. The fraction of sp³-hybridized carbons (Fsp3) is 0.0189. The molecule has 2 heterocycles. The molecule has 2 aliphatic rings. The SMILES string of the molecule is c1ccc(N(c2cc3c4c(ccc5c4c4c(cccc4n5-c4ccccc4)C34c3ccccc3-c3ccccc34)c2)c2ccc3sc4ccccc4c3c2)cc1. The molecule has 0 unspecified atom stereocenters. The minimum atomic E-state index is -0.527. The third kappa shape index (κ3) is 3.80. The van der Waals surface area contributed by atoms with Crippen molar-refractivity contribution in [1.29, 1.82) is 0 Å². The molecule has 2 aromatic heterocycles. The normalized spacial score (nSPS) is 13.5. The molecule has 1 spiro atoms. The van der Waals surface area contributed by atoms with Crippen LogP contribution < -0.4 is 4.90 Å². The highest BCUT2D eigenvalue weighted by Crippen LogP contribution is 2.63. The molecule has 3 heteroatoms. The summed E-state index contributed by atoms with van der Waals surface area (Å²) in [6, 6.07) is 72.5. The highest BCUT2D eigenvalue weighted by molar-refractivity contribution is 7.25. The Morgan fingerprint density at radius 3 is 1.86 bits per heavy atom. The van der Waals surface area contributed by atoms with E-state index in [1.807, 2.05) is 11.3 Å². The smallest absolute Gasteiger partial charge is 0.0727 e. The van der Waals surface area contributed by atoms with Crippen LogP contribution in [0.3, 0.4) is 0 Å². The van der Waals surface area contributed by atoms with E-state index in [0.717, 1.165) is 17.1 Å². The first-order valence-corrected chi connectivity index (χ1v) is 20.2. The van der Waals surface area contributed by atoms with E-state index in [-0.39, 0.29) is 0 Å². The van der Waals surface area contributed by atoms with Gasteiger partial charge in [0.25, 0.3) is 0 Å². The Labute approximate surface area is 327 Å². The molecule has 0 bridgehead atoms. The number of nitrogens with zero attached hydrogens (tertiary/aromatic N) is 2. The quantitative estimate of drug-likeness (QED) is 0.175. The van der Waals surface area contributed by atoms with Crippen LogP contribution in [0.1, 0.15) is 22.3 Å². The lowest BCUT2D eigenvalue weighted by Gasteiger charge is -2.39. The number of benzene rings is 9. The summed E-state index contributed by atoms with van der Waals surface area (Å²) in [5, 5.41) is 7.86. The van der Waals surface area contributed by atoms with Crippen molar-refractivity contribution < 1.29 is 0 Å². The summed E-state index contributed by atoms with van der Waals surface area (Å²) in [5.74, 6) is 0. The molecule has 0 amide bonds. The lowest BCUT2D eigenvalue weighted by atomic mass is 9.63. The van der Waals surface area contributed by atoms with Gasteiger partial charge in [-0.15, -0.1) is 11.3 Å². The molecule has 56 heavy (non-hydrogen) atoms. The van der Waals surface area contributed by atoms with Crippen molar-refractivity contribution in [2.24, 2.45) is 0 Å². The van der Waals surface area contributed by atoms with Crippen LogP contribution in [0.4, 0.5) is 17.1 Å². The Morgan fingerprint density at radius 2 is 1.05 bits per heavy atom. The Hall–Kier alpha value is -6.94. The van der Waals surface area contributed by atoms with Gasteiger partial charge in [0.05, 0.1) is 16.4 Å². The van der Waals surface area contributed by atoms with Crippen LogP contribution >= 0.6 is 11.3 Å². The highest BCUT2D eigenvalue weighted by atomic mass is 32.1. The molecule has 2 aliphatic carbocycles. The van der Waals surface area contributed by atoms with Crippen LogP contribution in [0.5, 0.6) is 0 Å². The van der Waals surface area contributed by atoms with E-state index >= 15 is 0 Å². The molecule has 260 valence electrons. The Morgan fingerprint density at radius 1 is 0.393 bits per heavy atom. The predicted octanol–water partition coefficient (Wildman–Crippen LogP) is 14.5. The number of fused-ring (bicyclic) bond motifs is 10. The van der Waals surface area contributed by atoms with Gasteiger partial charge in [-0.3, -0.25) is 0 Å². The molecule has 9 aromatic carbocycles. The van der Waals surface area contributed by atoms with E-state index < -0.39 is 5.41 Å². The van der Waals surface area contributed by atoms with Crippen LogP contribution in [0.2, 0.25) is 0 Å². The molecule has 11 aromatic rings. The summed E-state index contributed by atoms with van der Waals surface area (Å²) in [5.41, 5.74) is 14.6. The monoisotopic (exact) mass is 728 g/mol. The first-order valence-electron chi connectivity index (χ1n) is 19.4. The standard InChI is InChI=1S/C53H32N2S/c1-3-14-34(15-4-1)54(36-27-29-49-41(31-36)40-20-9-12-25-48(40)56-49)37-30-33-26-28-47-52-50(33)45(32-37)53(42-21-10-7-18-38(42)39-19-8-11-22-43(39)53)44-23-13-24-46(51(44)52)55(47)35-16-5-2-6-17-35/h1-32H. The zero-order valence-electron chi connectivity index (χ0n) is 30.3. The number of rotatable bonds is 4. The van der Waals surface area contributed by atoms with Gasteiger partial charge in [0.15, 0.2) is 0 Å². The summed E-state index contributed by atoms with van der Waals surface area (Å²) >= 11 is 1.87. The largest absolute Gasteiger partial charge is 0.310 e. The van der Waals surface area contributed by atoms with E-state index in [1.165, 1.54) is 91.8 Å². The van der Waals surface area contributed by atoms with Crippen LogP contribution in [-0.4, -0.2) is 4.57 Å². The molecule has 0 radical (unpaired) electrons. The van der Waals surface area contributed by atoms with E-state index in [9.17, 15) is 0 Å². The first kappa shape index (κ1) is 30.4. The highest BCUT2D eigenvalue weighted by Gasteiger charge is 2.50. The molecular weight excluding hydrogens is 697 g/mol. The second-order valence-corrected chi connectivity index (χ2v) is 16.3. The second kappa shape index (κ2) is 11.1. The molecule has 13 rings (SSSR count). The van der Waals surface area contributed by atoms with Crippen LogP contribution in [-0.2, 0) is 5.41 Å². The third-order valence-electron chi connectivity index (χ3n) is 12.5. The van der Waals surface area contributed by atoms with Gasteiger partial charge in [0.2, 0.25) is 0 Å². The van der Waals surface area contributed by atoms with E-state index in [0.29, 0.717) is 0 Å². The molecule has 0 saturated heterocycles. The maximum atomic E-state index is 2.53. The predicted molar refractivity (Wildman–Crippen MR) is 237 cm³/mol.